The van der Waals surface area contributed by atoms with Crippen molar-refractivity contribution in [1.82, 2.24) is 20.5 Å². The van der Waals surface area contributed by atoms with E-state index < -0.39 is 17.5 Å². The first-order chi connectivity index (χ1) is 13.9. The number of imide groups is 1. The highest BCUT2D eigenvalue weighted by molar-refractivity contribution is 6.10. The lowest BCUT2D eigenvalue weighted by Gasteiger charge is -2.26. The smallest absolute Gasteiger partial charge is 0.323 e. The summed E-state index contributed by atoms with van der Waals surface area (Å²) in [7, 11) is 1.52. The van der Waals surface area contributed by atoms with E-state index in [-0.39, 0.29) is 13.9 Å². The Morgan fingerprint density at radius 2 is 2.14 bits per heavy atom. The number of hydrogen-bond donors (Lipinski definition) is 3. The summed E-state index contributed by atoms with van der Waals surface area (Å²) < 4.78 is 5.17. The molecule has 4 rings (SSSR count). The van der Waals surface area contributed by atoms with Gasteiger partial charge in [0.25, 0.3) is 11.8 Å². The summed E-state index contributed by atoms with van der Waals surface area (Å²) in [5.41, 5.74) is 5.83. The van der Waals surface area contributed by atoms with Crippen molar-refractivity contribution in [1.29, 1.82) is 0 Å². The average molecular weight is 393 g/mol. The van der Waals surface area contributed by atoms with Crippen LogP contribution in [-0.4, -0.2) is 46.9 Å². The van der Waals surface area contributed by atoms with E-state index in [0.29, 0.717) is 29.2 Å². The maximum absolute atomic E-state index is 12.8. The zero-order valence-corrected chi connectivity index (χ0v) is 15.5. The molecule has 3 heterocycles. The Labute approximate surface area is 167 Å². The molecular formula is C20H19N5O4. The molecule has 2 aliphatic rings. The highest BCUT2D eigenvalue weighted by Gasteiger charge is 2.48. The van der Waals surface area contributed by atoms with Crippen LogP contribution in [-0.2, 0) is 11.3 Å². The Morgan fingerprint density at radius 3 is 2.79 bits per heavy atom. The second-order valence-electron chi connectivity index (χ2n) is 6.72. The van der Waals surface area contributed by atoms with Crippen molar-refractivity contribution in [3.63, 3.8) is 0 Å². The third-order valence-electron chi connectivity index (χ3n) is 4.77. The number of aromatic nitrogens is 1. The van der Waals surface area contributed by atoms with Gasteiger partial charge >= 0.3 is 6.03 Å². The molecule has 2 aliphatic heterocycles. The van der Waals surface area contributed by atoms with Crippen LogP contribution in [0.4, 0.5) is 10.6 Å². The molecule has 0 aliphatic carbocycles. The van der Waals surface area contributed by atoms with Crippen LogP contribution in [0.15, 0.2) is 36.5 Å². The summed E-state index contributed by atoms with van der Waals surface area (Å²) in [6.45, 7) is 0.198. The Morgan fingerprint density at radius 1 is 1.31 bits per heavy atom. The molecule has 4 amide bonds. The van der Waals surface area contributed by atoms with Gasteiger partial charge in [0.2, 0.25) is 5.54 Å². The monoisotopic (exact) mass is 393 g/mol. The van der Waals surface area contributed by atoms with E-state index in [0.717, 1.165) is 5.56 Å². The van der Waals surface area contributed by atoms with Crippen molar-refractivity contribution in [3.05, 3.63) is 53.2 Å². The number of benzene rings is 1. The molecule has 1 atom stereocenters. The van der Waals surface area contributed by atoms with Gasteiger partial charge in [-0.2, -0.15) is 0 Å². The second-order valence-corrected chi connectivity index (χ2v) is 6.72. The maximum atomic E-state index is 12.8. The molecule has 0 bridgehead atoms. The topological polar surface area (TPSA) is 127 Å². The van der Waals surface area contributed by atoms with Gasteiger partial charge in [0.1, 0.15) is 11.6 Å². The van der Waals surface area contributed by atoms with Crippen molar-refractivity contribution in [3.8, 4) is 17.6 Å². The number of rotatable bonds is 3. The third-order valence-corrected chi connectivity index (χ3v) is 4.77. The number of methoxy groups -OCH3 is 1. The quantitative estimate of drug-likeness (QED) is 0.515. The summed E-state index contributed by atoms with van der Waals surface area (Å²) in [4.78, 5) is 42.7. The number of carbonyl (C=O) groups excluding carboxylic acids is 3. The summed E-state index contributed by atoms with van der Waals surface area (Å²) in [5.74, 6) is 5.68. The van der Waals surface area contributed by atoms with Crippen molar-refractivity contribution in [2.45, 2.75) is 12.1 Å². The minimum atomic E-state index is -1.57. The molecule has 148 valence electrons. The van der Waals surface area contributed by atoms with Crippen molar-refractivity contribution in [2.24, 2.45) is 0 Å². The SMILES string of the molecule is COc1ccc2c(c1)C(=O)N(C[C@@]1(C#Cc3ccc(N)nc3)NC(=O)NC1=O)C2.[HH]. The van der Waals surface area contributed by atoms with Crippen LogP contribution in [0.25, 0.3) is 0 Å². The van der Waals surface area contributed by atoms with Gasteiger partial charge in [-0.25, -0.2) is 9.78 Å². The van der Waals surface area contributed by atoms with Gasteiger partial charge in [-0.05, 0) is 29.8 Å². The number of nitrogen functional groups attached to an aromatic ring is 1. The average Bonchev–Trinajstić information content (AvgIpc) is 3.16. The molecular weight excluding hydrogens is 374 g/mol. The molecule has 4 N–H and O–H groups in total. The number of anilines is 1. The number of fused-ring (bicyclic) bond motifs is 1. The zero-order valence-electron chi connectivity index (χ0n) is 15.5. The lowest BCUT2D eigenvalue weighted by atomic mass is 9.99. The van der Waals surface area contributed by atoms with E-state index in [2.05, 4.69) is 27.5 Å². The number of nitrogens with zero attached hydrogens (tertiary/aromatic N) is 2. The van der Waals surface area contributed by atoms with Crippen LogP contribution in [0.3, 0.4) is 0 Å². The predicted octanol–water partition coefficient (Wildman–Crippen LogP) is 0.504. The molecule has 1 aromatic carbocycles. The molecule has 0 spiro atoms. The molecule has 0 saturated carbocycles. The van der Waals surface area contributed by atoms with Gasteiger partial charge < -0.3 is 20.7 Å². The maximum Gasteiger partial charge on any atom is 0.323 e. The number of pyridine rings is 1. The summed E-state index contributed by atoms with van der Waals surface area (Å²) >= 11 is 0. The highest BCUT2D eigenvalue weighted by atomic mass is 16.5. The Kier molecular flexibility index (Phi) is 4.31. The number of urea groups is 1. The standard InChI is InChI=1S/C20H17N5O4.H2/c1-29-14-4-3-13-10-25(17(26)15(13)8-14)11-20(18(27)23-19(28)24-20)7-6-12-2-5-16(21)22-9-12;/h2-5,8-9H,10-11H2,1H3,(H2,21,22)(H2,23,24,27,28);1H/t20-;/m1./s1. The minimum Gasteiger partial charge on any atom is -0.497 e. The fourth-order valence-electron chi connectivity index (χ4n) is 3.27. The number of hydrogen-bond acceptors (Lipinski definition) is 6. The van der Waals surface area contributed by atoms with Gasteiger partial charge in [0.15, 0.2) is 0 Å². The van der Waals surface area contributed by atoms with Crippen LogP contribution < -0.4 is 21.1 Å². The lowest BCUT2D eigenvalue weighted by Crippen LogP contribution is -2.54. The summed E-state index contributed by atoms with van der Waals surface area (Å²) in [6.07, 6.45) is 1.47. The van der Waals surface area contributed by atoms with Gasteiger partial charge in [0, 0.05) is 25.3 Å². The Hall–Kier alpha value is -4.06. The second kappa shape index (κ2) is 6.83. The number of nitrogens with one attached hydrogen (secondary N) is 2. The van der Waals surface area contributed by atoms with Crippen molar-refractivity contribution >= 4 is 23.7 Å². The van der Waals surface area contributed by atoms with Gasteiger partial charge in [0.05, 0.1) is 13.7 Å². The van der Waals surface area contributed by atoms with Crippen LogP contribution in [0, 0.1) is 11.8 Å². The first kappa shape index (κ1) is 18.3. The van der Waals surface area contributed by atoms with Gasteiger partial charge in [-0.15, -0.1) is 0 Å². The van der Waals surface area contributed by atoms with E-state index in [1.807, 2.05) is 0 Å². The van der Waals surface area contributed by atoms with Crippen LogP contribution >= 0.6 is 0 Å². The summed E-state index contributed by atoms with van der Waals surface area (Å²) in [5, 5.41) is 4.75. The van der Waals surface area contributed by atoms with Gasteiger partial charge in [-0.1, -0.05) is 17.9 Å². The fourth-order valence-corrected chi connectivity index (χ4v) is 3.27. The van der Waals surface area contributed by atoms with Gasteiger partial charge in [-0.3, -0.25) is 14.9 Å². The number of amides is 4. The van der Waals surface area contributed by atoms with Crippen LogP contribution in [0.5, 0.6) is 5.75 Å². The van der Waals surface area contributed by atoms with Crippen LogP contribution in [0.1, 0.15) is 22.9 Å². The third kappa shape index (κ3) is 3.32. The number of ether oxygens (including phenoxy) is 1. The largest absolute Gasteiger partial charge is 0.497 e. The predicted molar refractivity (Wildman–Crippen MR) is 105 cm³/mol. The van der Waals surface area contributed by atoms with E-state index in [1.165, 1.54) is 18.2 Å². The Bertz CT molecular complexity index is 1090. The molecule has 9 nitrogen and oxygen atoms in total. The zero-order chi connectivity index (χ0) is 20.6. The first-order valence-electron chi connectivity index (χ1n) is 8.75. The highest BCUT2D eigenvalue weighted by Crippen LogP contribution is 2.28. The lowest BCUT2D eigenvalue weighted by molar-refractivity contribution is -0.122. The molecule has 1 saturated heterocycles. The van der Waals surface area contributed by atoms with Crippen molar-refractivity contribution < 1.29 is 20.5 Å². The summed E-state index contributed by atoms with van der Waals surface area (Å²) in [6, 6.07) is 7.80. The molecule has 9 heteroatoms. The Balaban J connectivity index is 0.00000256. The van der Waals surface area contributed by atoms with Crippen molar-refractivity contribution in [2.75, 3.05) is 19.4 Å². The molecule has 29 heavy (non-hydrogen) atoms. The molecule has 0 unspecified atom stereocenters. The molecule has 1 fully saturated rings. The fraction of sp³-hybridized carbons (Fsp3) is 0.200. The number of nitrogens with two attached hydrogens (primary N) is 1. The van der Waals surface area contributed by atoms with E-state index in [1.54, 1.807) is 30.3 Å². The minimum absolute atomic E-state index is 0. The molecule has 0 radical (unpaired) electrons. The van der Waals surface area contributed by atoms with E-state index in [4.69, 9.17) is 10.5 Å². The molecule has 2 aromatic rings. The van der Waals surface area contributed by atoms with E-state index >= 15 is 0 Å². The normalized spacial score (nSPS) is 19.9. The van der Waals surface area contributed by atoms with E-state index in [9.17, 15) is 14.4 Å². The first-order valence-corrected chi connectivity index (χ1v) is 8.75. The van der Waals surface area contributed by atoms with Crippen LogP contribution in [0.2, 0.25) is 0 Å². The number of carbonyl (C=O) groups is 3. The molecule has 1 aromatic heterocycles.